The van der Waals surface area contributed by atoms with Gasteiger partial charge in [-0.3, -0.25) is 0 Å². The van der Waals surface area contributed by atoms with Gasteiger partial charge in [-0.05, 0) is 50.9 Å². The normalized spacial score (nSPS) is 24.5. The topological polar surface area (TPSA) is 38.7 Å². The van der Waals surface area contributed by atoms with E-state index in [-0.39, 0.29) is 6.29 Å². The second-order valence-corrected chi connectivity index (χ2v) is 6.46. The zero-order valence-electron chi connectivity index (χ0n) is 14.7. The van der Waals surface area contributed by atoms with Gasteiger partial charge in [0.05, 0.1) is 0 Å². The van der Waals surface area contributed by atoms with Crippen LogP contribution in [0.25, 0.3) is 0 Å². The molecule has 1 aliphatic carbocycles. The van der Waals surface area contributed by atoms with Crippen LogP contribution in [0.15, 0.2) is 0 Å². The first-order chi connectivity index (χ1) is 10.7. The van der Waals surface area contributed by atoms with Crippen LogP contribution in [-0.2, 0) is 9.47 Å². The van der Waals surface area contributed by atoms with Gasteiger partial charge < -0.3 is 14.6 Å². The fraction of sp³-hybridized carbons (Fsp3) is 0.895. The van der Waals surface area contributed by atoms with E-state index >= 15 is 0 Å². The minimum Gasteiger partial charge on any atom is -0.377 e. The summed E-state index contributed by atoms with van der Waals surface area (Å²) in [6.45, 7) is 2.20. The maximum Gasteiger partial charge on any atom is 0.156 e. The predicted molar refractivity (Wildman–Crippen MR) is 90.5 cm³/mol. The summed E-state index contributed by atoms with van der Waals surface area (Å²) < 4.78 is 10.4. The largest absolute Gasteiger partial charge is 0.377 e. The first-order valence-electron chi connectivity index (χ1n) is 8.94. The van der Waals surface area contributed by atoms with Crippen LogP contribution in [0, 0.1) is 17.8 Å². The summed E-state index contributed by atoms with van der Waals surface area (Å²) >= 11 is 0. The third-order valence-electron chi connectivity index (χ3n) is 4.76. The Morgan fingerprint density at radius 2 is 1.95 bits per heavy atom. The molecule has 0 aromatic rings. The molecule has 1 N–H and O–H groups in total. The van der Waals surface area contributed by atoms with Crippen LogP contribution in [0.1, 0.15) is 77.6 Å². The Balaban J connectivity index is 2.32. The molecule has 0 aliphatic heterocycles. The van der Waals surface area contributed by atoms with Crippen molar-refractivity contribution in [3.8, 4) is 11.8 Å². The average molecular weight is 310 g/mol. The number of rotatable bonds is 10. The molecule has 1 fully saturated rings. The van der Waals surface area contributed by atoms with Crippen molar-refractivity contribution in [3.05, 3.63) is 0 Å². The lowest BCUT2D eigenvalue weighted by atomic mass is 9.87. The summed E-state index contributed by atoms with van der Waals surface area (Å²) in [4.78, 5) is 0. The van der Waals surface area contributed by atoms with Crippen molar-refractivity contribution in [2.75, 3.05) is 14.2 Å². The quantitative estimate of drug-likeness (QED) is 0.372. The van der Waals surface area contributed by atoms with Crippen molar-refractivity contribution < 1.29 is 14.6 Å². The summed E-state index contributed by atoms with van der Waals surface area (Å²) in [5.41, 5.74) is -0.728. The fourth-order valence-electron chi connectivity index (χ4n) is 3.32. The SMILES string of the molecule is CCCCCC#C[C@@]1(O)CCC[C@@H]1CCCCC(OC)OC. The Bertz CT molecular complexity index is 340. The molecule has 22 heavy (non-hydrogen) atoms. The van der Waals surface area contributed by atoms with Crippen molar-refractivity contribution >= 4 is 0 Å². The number of ether oxygens (including phenoxy) is 2. The summed E-state index contributed by atoms with van der Waals surface area (Å²) in [6.07, 6.45) is 11.6. The van der Waals surface area contributed by atoms with Crippen LogP contribution in [0.3, 0.4) is 0 Å². The maximum atomic E-state index is 10.8. The molecule has 0 unspecified atom stereocenters. The molecule has 0 radical (unpaired) electrons. The van der Waals surface area contributed by atoms with Crippen molar-refractivity contribution in [1.82, 2.24) is 0 Å². The summed E-state index contributed by atoms with van der Waals surface area (Å²) in [5, 5.41) is 10.8. The van der Waals surface area contributed by atoms with E-state index in [0.717, 1.165) is 57.8 Å². The van der Waals surface area contributed by atoms with Gasteiger partial charge in [-0.25, -0.2) is 0 Å². The predicted octanol–water partition coefficient (Wildman–Crippen LogP) is 4.28. The van der Waals surface area contributed by atoms with Crippen LogP contribution in [0.2, 0.25) is 0 Å². The molecule has 1 rings (SSSR count). The van der Waals surface area contributed by atoms with Gasteiger partial charge in [-0.15, -0.1) is 5.92 Å². The minimum absolute atomic E-state index is 0.0965. The Morgan fingerprint density at radius 1 is 1.18 bits per heavy atom. The van der Waals surface area contributed by atoms with E-state index in [0.29, 0.717) is 5.92 Å². The first-order valence-corrected chi connectivity index (χ1v) is 8.94. The lowest BCUT2D eigenvalue weighted by Gasteiger charge is -2.25. The van der Waals surface area contributed by atoms with Crippen molar-refractivity contribution in [1.29, 1.82) is 0 Å². The number of unbranched alkanes of at least 4 members (excludes halogenated alkanes) is 4. The Morgan fingerprint density at radius 3 is 2.64 bits per heavy atom. The number of methoxy groups -OCH3 is 2. The summed E-state index contributed by atoms with van der Waals surface area (Å²) in [5.74, 6) is 6.76. The van der Waals surface area contributed by atoms with E-state index in [9.17, 15) is 5.11 Å². The van der Waals surface area contributed by atoms with E-state index in [1.165, 1.54) is 12.8 Å². The van der Waals surface area contributed by atoms with Crippen molar-refractivity contribution in [2.45, 2.75) is 89.4 Å². The Hall–Kier alpha value is -0.560. The minimum atomic E-state index is -0.728. The van der Waals surface area contributed by atoms with Gasteiger partial charge in [-0.1, -0.05) is 32.1 Å². The van der Waals surface area contributed by atoms with Crippen molar-refractivity contribution in [3.63, 3.8) is 0 Å². The standard InChI is InChI=1S/C19H34O3/c1-4-5-6-7-10-15-19(20)16-11-13-17(19)12-8-9-14-18(21-2)22-3/h17-18,20H,4-9,11-14,16H2,1-3H3/t17-,19+/m0/s1. The molecule has 2 atom stereocenters. The molecule has 0 aromatic carbocycles. The molecule has 0 amide bonds. The van der Waals surface area contributed by atoms with Crippen molar-refractivity contribution in [2.24, 2.45) is 5.92 Å². The van der Waals surface area contributed by atoms with Gasteiger partial charge >= 0.3 is 0 Å². The number of hydrogen-bond acceptors (Lipinski definition) is 3. The highest BCUT2D eigenvalue weighted by molar-refractivity contribution is 5.18. The molecule has 1 saturated carbocycles. The van der Waals surface area contributed by atoms with E-state index in [1.807, 2.05) is 0 Å². The molecule has 3 heteroatoms. The van der Waals surface area contributed by atoms with Gasteiger partial charge in [0.2, 0.25) is 0 Å². The highest BCUT2D eigenvalue weighted by Crippen LogP contribution is 2.38. The molecule has 0 spiro atoms. The summed E-state index contributed by atoms with van der Waals surface area (Å²) in [6, 6.07) is 0. The second kappa shape index (κ2) is 11.0. The Labute approximate surface area is 136 Å². The maximum absolute atomic E-state index is 10.8. The van der Waals surface area contributed by atoms with Crippen LogP contribution in [0.4, 0.5) is 0 Å². The van der Waals surface area contributed by atoms with Gasteiger partial charge in [0, 0.05) is 20.6 Å². The fourth-order valence-corrected chi connectivity index (χ4v) is 3.32. The summed E-state index contributed by atoms with van der Waals surface area (Å²) in [7, 11) is 3.36. The molecule has 0 aromatic heterocycles. The lowest BCUT2D eigenvalue weighted by molar-refractivity contribution is -0.107. The molecule has 3 nitrogen and oxygen atoms in total. The first kappa shape index (κ1) is 19.5. The molecule has 0 bridgehead atoms. The third kappa shape index (κ3) is 6.69. The molecular formula is C19H34O3. The zero-order chi connectivity index (χ0) is 16.3. The third-order valence-corrected chi connectivity index (χ3v) is 4.76. The molecule has 0 saturated heterocycles. The average Bonchev–Trinajstić information content (AvgIpc) is 2.88. The zero-order valence-corrected chi connectivity index (χ0v) is 14.7. The van der Waals surface area contributed by atoms with E-state index in [2.05, 4.69) is 18.8 Å². The molecule has 0 heterocycles. The van der Waals surface area contributed by atoms with Gasteiger partial charge in [0.15, 0.2) is 6.29 Å². The van der Waals surface area contributed by atoms with Crippen LogP contribution in [-0.4, -0.2) is 31.2 Å². The van der Waals surface area contributed by atoms with Gasteiger partial charge in [0.1, 0.15) is 5.60 Å². The van der Waals surface area contributed by atoms with E-state index in [1.54, 1.807) is 14.2 Å². The van der Waals surface area contributed by atoms with Gasteiger partial charge in [-0.2, -0.15) is 0 Å². The molecule has 1 aliphatic rings. The molecular weight excluding hydrogens is 276 g/mol. The van der Waals surface area contributed by atoms with Crippen LogP contribution < -0.4 is 0 Å². The number of hydrogen-bond donors (Lipinski definition) is 1. The monoisotopic (exact) mass is 310 g/mol. The van der Waals surface area contributed by atoms with Crippen LogP contribution >= 0.6 is 0 Å². The van der Waals surface area contributed by atoms with E-state index < -0.39 is 5.60 Å². The second-order valence-electron chi connectivity index (χ2n) is 6.46. The Kier molecular flexibility index (Phi) is 9.79. The van der Waals surface area contributed by atoms with Gasteiger partial charge in [0.25, 0.3) is 0 Å². The highest BCUT2D eigenvalue weighted by Gasteiger charge is 2.39. The lowest BCUT2D eigenvalue weighted by Crippen LogP contribution is -2.31. The number of aliphatic hydroxyl groups is 1. The van der Waals surface area contributed by atoms with Crippen LogP contribution in [0.5, 0.6) is 0 Å². The smallest absolute Gasteiger partial charge is 0.156 e. The molecule has 128 valence electrons. The highest BCUT2D eigenvalue weighted by atomic mass is 16.7. The van der Waals surface area contributed by atoms with E-state index in [4.69, 9.17) is 9.47 Å².